The highest BCUT2D eigenvalue weighted by Crippen LogP contribution is 2.28. The molecule has 2 heterocycles. The van der Waals surface area contributed by atoms with E-state index in [1.165, 1.54) is 0 Å². The number of rotatable bonds is 4. The lowest BCUT2D eigenvalue weighted by Gasteiger charge is -2.26. The molecule has 2 aromatic carbocycles. The van der Waals surface area contributed by atoms with Crippen molar-refractivity contribution in [1.82, 2.24) is 20.3 Å². The third kappa shape index (κ3) is 3.13. The summed E-state index contributed by atoms with van der Waals surface area (Å²) < 4.78 is 6.02. The van der Waals surface area contributed by atoms with Crippen molar-refractivity contribution < 1.29 is 9.53 Å². The van der Waals surface area contributed by atoms with Gasteiger partial charge in [-0.05, 0) is 30.2 Å². The van der Waals surface area contributed by atoms with Crippen LogP contribution in [0.2, 0.25) is 0 Å². The van der Waals surface area contributed by atoms with E-state index in [9.17, 15) is 4.79 Å². The lowest BCUT2D eigenvalue weighted by atomic mass is 9.98. The molecule has 3 aromatic rings. The van der Waals surface area contributed by atoms with Crippen molar-refractivity contribution in [3.8, 4) is 23.1 Å². The highest BCUT2D eigenvalue weighted by Gasteiger charge is 2.24. The average molecular weight is 359 g/mol. The van der Waals surface area contributed by atoms with Crippen molar-refractivity contribution in [3.05, 3.63) is 64.8 Å². The molecule has 1 aromatic heterocycles. The maximum atomic E-state index is 12.3. The molecule has 0 unspecified atom stereocenters. The SMILES string of the molecule is CN1CCc2c(OCc3cccc(-c4nn[nH]c4C#N)c3)cccc2C1=O. The van der Waals surface area contributed by atoms with Crippen LogP contribution in [0.5, 0.6) is 5.75 Å². The van der Waals surface area contributed by atoms with Gasteiger partial charge in [0.25, 0.3) is 5.91 Å². The monoisotopic (exact) mass is 359 g/mol. The third-order valence-corrected chi connectivity index (χ3v) is 4.66. The van der Waals surface area contributed by atoms with E-state index in [2.05, 4.69) is 15.4 Å². The Balaban J connectivity index is 1.56. The number of fused-ring (bicyclic) bond motifs is 1. The Kier molecular flexibility index (Phi) is 4.30. The summed E-state index contributed by atoms with van der Waals surface area (Å²) in [5.41, 5.74) is 4.25. The molecule has 7 nitrogen and oxygen atoms in total. The smallest absolute Gasteiger partial charge is 0.254 e. The molecule has 0 atom stereocenters. The van der Waals surface area contributed by atoms with Gasteiger partial charge < -0.3 is 9.64 Å². The van der Waals surface area contributed by atoms with Crippen LogP contribution in [0, 0.1) is 11.3 Å². The van der Waals surface area contributed by atoms with Crippen molar-refractivity contribution in [2.45, 2.75) is 13.0 Å². The van der Waals surface area contributed by atoms with Gasteiger partial charge in [-0.25, -0.2) is 5.10 Å². The van der Waals surface area contributed by atoms with Gasteiger partial charge in [0.2, 0.25) is 0 Å². The molecule has 1 aliphatic rings. The molecule has 1 aliphatic heterocycles. The minimum Gasteiger partial charge on any atom is -0.489 e. The van der Waals surface area contributed by atoms with E-state index < -0.39 is 0 Å². The molecule has 1 N–H and O–H groups in total. The number of carbonyl (C=O) groups is 1. The first-order chi connectivity index (χ1) is 13.2. The van der Waals surface area contributed by atoms with Gasteiger partial charge in [0.05, 0.1) is 0 Å². The first-order valence-electron chi connectivity index (χ1n) is 8.58. The largest absolute Gasteiger partial charge is 0.489 e. The van der Waals surface area contributed by atoms with Crippen LogP contribution in [0.25, 0.3) is 11.3 Å². The Bertz CT molecular complexity index is 1050. The standard InChI is InChI=1S/C20H17N5O2/c1-25-9-8-15-16(20(25)26)6-3-7-18(15)27-12-13-4-2-5-14(10-13)19-17(11-21)22-24-23-19/h2-7,10H,8-9,12H2,1H3,(H,22,23,24). The van der Waals surface area contributed by atoms with E-state index in [0.717, 1.165) is 28.9 Å². The molecule has 0 radical (unpaired) electrons. The fourth-order valence-electron chi connectivity index (χ4n) is 3.22. The van der Waals surface area contributed by atoms with Crippen LogP contribution >= 0.6 is 0 Å². The number of nitrogens with zero attached hydrogens (tertiary/aromatic N) is 4. The zero-order chi connectivity index (χ0) is 18.8. The van der Waals surface area contributed by atoms with Gasteiger partial charge in [-0.3, -0.25) is 4.79 Å². The van der Waals surface area contributed by atoms with E-state index >= 15 is 0 Å². The predicted octanol–water partition coefficient (Wildman–Crippen LogP) is 2.55. The summed E-state index contributed by atoms with van der Waals surface area (Å²) in [4.78, 5) is 14.0. The molecule has 27 heavy (non-hydrogen) atoms. The Labute approximate surface area is 156 Å². The molecule has 7 heteroatoms. The van der Waals surface area contributed by atoms with Gasteiger partial charge in [-0.15, -0.1) is 5.10 Å². The van der Waals surface area contributed by atoms with E-state index in [-0.39, 0.29) is 5.91 Å². The number of carbonyl (C=O) groups excluding carboxylic acids is 1. The molecule has 0 saturated carbocycles. The molecular weight excluding hydrogens is 342 g/mol. The summed E-state index contributed by atoms with van der Waals surface area (Å²) in [7, 11) is 1.81. The summed E-state index contributed by atoms with van der Waals surface area (Å²) in [6, 6.07) is 15.3. The minimum atomic E-state index is 0.0266. The van der Waals surface area contributed by atoms with Crippen molar-refractivity contribution in [2.75, 3.05) is 13.6 Å². The first-order valence-corrected chi connectivity index (χ1v) is 8.58. The number of aromatic amines is 1. The maximum absolute atomic E-state index is 12.3. The average Bonchev–Trinajstić information content (AvgIpc) is 3.18. The first kappa shape index (κ1) is 16.8. The number of likely N-dealkylation sites (N-methyl/N-ethyl adjacent to an activating group) is 1. The number of benzene rings is 2. The van der Waals surface area contributed by atoms with Crippen LogP contribution in [-0.2, 0) is 13.0 Å². The van der Waals surface area contributed by atoms with Gasteiger partial charge in [0.1, 0.15) is 24.1 Å². The molecule has 134 valence electrons. The molecule has 4 rings (SSSR count). The lowest BCUT2D eigenvalue weighted by Crippen LogP contribution is -2.34. The minimum absolute atomic E-state index is 0.0266. The number of ether oxygens (including phenoxy) is 1. The molecule has 1 amide bonds. The fourth-order valence-corrected chi connectivity index (χ4v) is 3.22. The Morgan fingerprint density at radius 1 is 1.30 bits per heavy atom. The van der Waals surface area contributed by atoms with Crippen molar-refractivity contribution >= 4 is 5.91 Å². The number of nitrogens with one attached hydrogen (secondary N) is 1. The van der Waals surface area contributed by atoms with Crippen LogP contribution < -0.4 is 4.74 Å². The van der Waals surface area contributed by atoms with E-state index in [4.69, 9.17) is 10.00 Å². The van der Waals surface area contributed by atoms with E-state index in [1.54, 1.807) is 4.90 Å². The fraction of sp³-hybridized carbons (Fsp3) is 0.200. The highest BCUT2D eigenvalue weighted by molar-refractivity contribution is 5.97. The molecule has 0 fully saturated rings. The topological polar surface area (TPSA) is 94.9 Å². The molecule has 0 bridgehead atoms. The Hall–Kier alpha value is -3.66. The van der Waals surface area contributed by atoms with Crippen LogP contribution in [0.1, 0.15) is 27.2 Å². The van der Waals surface area contributed by atoms with Crippen LogP contribution in [0.4, 0.5) is 0 Å². The molecular formula is C20H17N5O2. The highest BCUT2D eigenvalue weighted by atomic mass is 16.5. The Morgan fingerprint density at radius 2 is 2.15 bits per heavy atom. The van der Waals surface area contributed by atoms with E-state index in [0.29, 0.717) is 30.1 Å². The second-order valence-electron chi connectivity index (χ2n) is 6.40. The number of nitriles is 1. The molecule has 0 spiro atoms. The van der Waals surface area contributed by atoms with Gasteiger partial charge >= 0.3 is 0 Å². The summed E-state index contributed by atoms with van der Waals surface area (Å²) in [5.74, 6) is 0.761. The third-order valence-electron chi connectivity index (χ3n) is 4.66. The second-order valence-corrected chi connectivity index (χ2v) is 6.40. The van der Waals surface area contributed by atoms with E-state index in [1.807, 2.05) is 55.6 Å². The van der Waals surface area contributed by atoms with Crippen molar-refractivity contribution in [2.24, 2.45) is 0 Å². The number of aromatic nitrogens is 3. The summed E-state index contributed by atoms with van der Waals surface area (Å²) in [5, 5.41) is 19.4. The lowest BCUT2D eigenvalue weighted by molar-refractivity contribution is 0.0779. The predicted molar refractivity (Wildman–Crippen MR) is 98.0 cm³/mol. The zero-order valence-corrected chi connectivity index (χ0v) is 14.8. The second kappa shape index (κ2) is 6.92. The number of hydrogen-bond donors (Lipinski definition) is 1. The number of amides is 1. The normalized spacial score (nSPS) is 13.2. The van der Waals surface area contributed by atoms with Crippen LogP contribution in [-0.4, -0.2) is 39.8 Å². The number of hydrogen-bond acceptors (Lipinski definition) is 5. The van der Waals surface area contributed by atoms with Gasteiger partial charge in [-0.1, -0.05) is 29.5 Å². The summed E-state index contributed by atoms with van der Waals surface area (Å²) in [6.07, 6.45) is 0.776. The molecule has 0 aliphatic carbocycles. The van der Waals surface area contributed by atoms with Gasteiger partial charge in [-0.2, -0.15) is 5.26 Å². The maximum Gasteiger partial charge on any atom is 0.254 e. The van der Waals surface area contributed by atoms with Crippen molar-refractivity contribution in [1.29, 1.82) is 5.26 Å². The van der Waals surface area contributed by atoms with Gasteiger partial charge in [0.15, 0.2) is 5.69 Å². The summed E-state index contributed by atoms with van der Waals surface area (Å²) >= 11 is 0. The quantitative estimate of drug-likeness (QED) is 0.772. The van der Waals surface area contributed by atoms with Crippen LogP contribution in [0.3, 0.4) is 0 Å². The Morgan fingerprint density at radius 3 is 3.00 bits per heavy atom. The number of H-pyrrole nitrogens is 1. The zero-order valence-electron chi connectivity index (χ0n) is 14.8. The van der Waals surface area contributed by atoms with Crippen LogP contribution in [0.15, 0.2) is 42.5 Å². The summed E-state index contributed by atoms with van der Waals surface area (Å²) in [6.45, 7) is 1.04. The van der Waals surface area contributed by atoms with Crippen molar-refractivity contribution in [3.63, 3.8) is 0 Å². The molecule has 0 saturated heterocycles. The van der Waals surface area contributed by atoms with Gasteiger partial charge in [0, 0.05) is 30.3 Å².